The standard InChI is InChI=1S/C9H12Br2N2OS.ClH/c1-12-3-4-13(2)9(14)6-5-7(10)15-8(6)11;/h5,12H,3-4H2,1-2H3;1H. The van der Waals surface area contributed by atoms with Crippen molar-refractivity contribution < 1.29 is 4.79 Å². The van der Waals surface area contributed by atoms with Gasteiger partial charge >= 0.3 is 0 Å². The number of thiophene rings is 1. The average Bonchev–Trinajstić information content (AvgIpc) is 2.53. The van der Waals surface area contributed by atoms with Gasteiger partial charge in [-0.2, -0.15) is 0 Å². The first-order valence-electron chi connectivity index (χ1n) is 4.41. The molecule has 1 N–H and O–H groups in total. The van der Waals surface area contributed by atoms with Crippen molar-refractivity contribution in [3.8, 4) is 0 Å². The lowest BCUT2D eigenvalue weighted by molar-refractivity contribution is 0.0796. The van der Waals surface area contributed by atoms with Crippen molar-refractivity contribution in [3.63, 3.8) is 0 Å². The van der Waals surface area contributed by atoms with Crippen molar-refractivity contribution >= 4 is 61.5 Å². The van der Waals surface area contributed by atoms with Gasteiger partial charge < -0.3 is 10.2 Å². The van der Waals surface area contributed by atoms with Crippen molar-refractivity contribution in [1.82, 2.24) is 10.2 Å². The lowest BCUT2D eigenvalue weighted by Gasteiger charge is -2.16. The second-order valence-corrected chi connectivity index (χ2v) is 6.82. The maximum Gasteiger partial charge on any atom is 0.255 e. The fourth-order valence-corrected chi connectivity index (χ4v) is 3.85. The molecule has 1 rings (SSSR count). The van der Waals surface area contributed by atoms with E-state index in [0.717, 1.165) is 14.1 Å². The van der Waals surface area contributed by atoms with Gasteiger partial charge in [-0.05, 0) is 45.0 Å². The summed E-state index contributed by atoms with van der Waals surface area (Å²) in [7, 11) is 3.67. The van der Waals surface area contributed by atoms with Crippen LogP contribution in [0.15, 0.2) is 13.6 Å². The first-order valence-corrected chi connectivity index (χ1v) is 6.81. The van der Waals surface area contributed by atoms with Gasteiger partial charge in [-0.1, -0.05) is 0 Å². The quantitative estimate of drug-likeness (QED) is 0.854. The lowest BCUT2D eigenvalue weighted by Crippen LogP contribution is -2.32. The van der Waals surface area contributed by atoms with Crippen LogP contribution in [0.25, 0.3) is 0 Å². The van der Waals surface area contributed by atoms with Crippen LogP contribution >= 0.6 is 55.6 Å². The Labute approximate surface area is 122 Å². The number of carbonyl (C=O) groups excluding carboxylic acids is 1. The van der Waals surface area contributed by atoms with Crippen molar-refractivity contribution in [2.45, 2.75) is 0 Å². The van der Waals surface area contributed by atoms with Crippen LogP contribution in [-0.2, 0) is 0 Å². The van der Waals surface area contributed by atoms with E-state index in [-0.39, 0.29) is 18.3 Å². The van der Waals surface area contributed by atoms with E-state index >= 15 is 0 Å². The molecule has 16 heavy (non-hydrogen) atoms. The number of nitrogens with one attached hydrogen (secondary N) is 1. The normalized spacial score (nSPS) is 9.75. The Balaban J connectivity index is 0.00000225. The van der Waals surface area contributed by atoms with Crippen LogP contribution < -0.4 is 5.32 Å². The number of likely N-dealkylation sites (N-methyl/N-ethyl adjacent to an activating group) is 2. The first kappa shape index (κ1) is 16.4. The summed E-state index contributed by atoms with van der Waals surface area (Å²) in [4.78, 5) is 13.6. The highest BCUT2D eigenvalue weighted by Gasteiger charge is 2.16. The zero-order chi connectivity index (χ0) is 11.4. The maximum atomic E-state index is 11.9. The van der Waals surface area contributed by atoms with E-state index in [9.17, 15) is 4.79 Å². The summed E-state index contributed by atoms with van der Waals surface area (Å²) in [5.41, 5.74) is 0.713. The van der Waals surface area contributed by atoms with E-state index in [2.05, 4.69) is 37.2 Å². The summed E-state index contributed by atoms with van der Waals surface area (Å²) in [6.07, 6.45) is 0. The number of rotatable bonds is 4. The Bertz CT molecular complexity index is 359. The molecule has 1 aromatic heterocycles. The Kier molecular flexibility index (Phi) is 7.84. The molecule has 0 aromatic carbocycles. The number of hydrogen-bond donors (Lipinski definition) is 1. The summed E-state index contributed by atoms with van der Waals surface area (Å²) in [5.74, 6) is 0.0408. The first-order chi connectivity index (χ1) is 7.06. The number of halogens is 3. The SMILES string of the molecule is CNCCN(C)C(=O)c1cc(Br)sc1Br.Cl. The van der Waals surface area contributed by atoms with Crippen molar-refractivity contribution in [2.24, 2.45) is 0 Å². The highest BCUT2D eigenvalue weighted by molar-refractivity contribution is 9.12. The molecule has 7 heteroatoms. The molecule has 1 heterocycles. The molecule has 0 spiro atoms. The monoisotopic (exact) mass is 390 g/mol. The number of amides is 1. The van der Waals surface area contributed by atoms with Crippen LogP contribution in [0.5, 0.6) is 0 Å². The van der Waals surface area contributed by atoms with Gasteiger partial charge in [0.15, 0.2) is 0 Å². The second kappa shape index (κ2) is 7.66. The fraction of sp³-hybridized carbons (Fsp3) is 0.444. The lowest BCUT2D eigenvalue weighted by atomic mass is 10.3. The minimum Gasteiger partial charge on any atom is -0.340 e. The van der Waals surface area contributed by atoms with Gasteiger partial charge in [0.2, 0.25) is 0 Å². The van der Waals surface area contributed by atoms with E-state index in [4.69, 9.17) is 0 Å². The van der Waals surface area contributed by atoms with Gasteiger partial charge in [0.05, 0.1) is 13.1 Å². The minimum absolute atomic E-state index is 0. The van der Waals surface area contributed by atoms with Gasteiger partial charge in [0.1, 0.15) is 0 Å². The third kappa shape index (κ3) is 4.33. The summed E-state index contributed by atoms with van der Waals surface area (Å²) in [5, 5.41) is 3.01. The van der Waals surface area contributed by atoms with Gasteiger partial charge in [0.25, 0.3) is 5.91 Å². The number of carbonyl (C=O) groups is 1. The largest absolute Gasteiger partial charge is 0.340 e. The molecular weight excluding hydrogens is 379 g/mol. The molecule has 0 fully saturated rings. The van der Waals surface area contributed by atoms with Crippen molar-refractivity contribution in [1.29, 1.82) is 0 Å². The van der Waals surface area contributed by atoms with Crippen LogP contribution in [0.2, 0.25) is 0 Å². The van der Waals surface area contributed by atoms with E-state index < -0.39 is 0 Å². The van der Waals surface area contributed by atoms with Crippen LogP contribution in [-0.4, -0.2) is 38.0 Å². The average molecular weight is 393 g/mol. The molecule has 0 aliphatic heterocycles. The number of nitrogens with zero attached hydrogens (tertiary/aromatic N) is 1. The molecule has 1 aromatic rings. The molecule has 0 saturated heterocycles. The van der Waals surface area contributed by atoms with Gasteiger partial charge in [-0.15, -0.1) is 23.7 Å². The third-order valence-electron chi connectivity index (χ3n) is 1.93. The molecule has 3 nitrogen and oxygen atoms in total. The maximum absolute atomic E-state index is 11.9. The molecular formula is C9H13Br2ClN2OS. The molecule has 0 saturated carbocycles. The zero-order valence-electron chi connectivity index (χ0n) is 8.92. The van der Waals surface area contributed by atoms with E-state index in [1.807, 2.05) is 13.1 Å². The highest BCUT2D eigenvalue weighted by atomic mass is 79.9. The fourth-order valence-electron chi connectivity index (χ4n) is 1.07. The van der Waals surface area contributed by atoms with Crippen LogP contribution in [0, 0.1) is 0 Å². The highest BCUT2D eigenvalue weighted by Crippen LogP contribution is 2.32. The zero-order valence-corrected chi connectivity index (χ0v) is 13.7. The predicted octanol–water partition coefficient (Wildman–Crippen LogP) is 2.99. The van der Waals surface area contributed by atoms with Gasteiger partial charge in [0, 0.05) is 20.1 Å². The molecule has 0 bridgehead atoms. The van der Waals surface area contributed by atoms with E-state index in [1.165, 1.54) is 11.3 Å². The Hall–Kier alpha value is 0.380. The topological polar surface area (TPSA) is 32.3 Å². The minimum atomic E-state index is 0. The summed E-state index contributed by atoms with van der Waals surface area (Å²) < 4.78 is 1.83. The molecule has 0 aliphatic carbocycles. The second-order valence-electron chi connectivity index (χ2n) is 3.07. The molecule has 0 aliphatic rings. The van der Waals surface area contributed by atoms with Crippen LogP contribution in [0.1, 0.15) is 10.4 Å². The predicted molar refractivity (Wildman–Crippen MR) is 77.9 cm³/mol. The van der Waals surface area contributed by atoms with Crippen LogP contribution in [0.3, 0.4) is 0 Å². The van der Waals surface area contributed by atoms with Gasteiger partial charge in [-0.25, -0.2) is 0 Å². The smallest absolute Gasteiger partial charge is 0.255 e. The third-order valence-corrected chi connectivity index (χ3v) is 4.27. The van der Waals surface area contributed by atoms with E-state index in [1.54, 1.807) is 11.9 Å². The molecule has 0 unspecified atom stereocenters. The van der Waals surface area contributed by atoms with E-state index in [0.29, 0.717) is 12.1 Å². The molecule has 92 valence electrons. The van der Waals surface area contributed by atoms with Crippen LogP contribution in [0.4, 0.5) is 0 Å². The Morgan fingerprint density at radius 2 is 2.19 bits per heavy atom. The van der Waals surface area contributed by atoms with Crippen molar-refractivity contribution in [3.05, 3.63) is 19.2 Å². The molecule has 1 amide bonds. The summed E-state index contributed by atoms with van der Waals surface area (Å²) in [6.45, 7) is 1.50. The molecule has 0 atom stereocenters. The Morgan fingerprint density at radius 1 is 1.56 bits per heavy atom. The molecule has 0 radical (unpaired) electrons. The van der Waals surface area contributed by atoms with Gasteiger partial charge in [-0.3, -0.25) is 4.79 Å². The van der Waals surface area contributed by atoms with Crippen molar-refractivity contribution in [2.75, 3.05) is 27.2 Å². The summed E-state index contributed by atoms with van der Waals surface area (Å²) >= 11 is 8.25. The Morgan fingerprint density at radius 3 is 2.62 bits per heavy atom. The summed E-state index contributed by atoms with van der Waals surface area (Å²) in [6, 6.07) is 1.84. The number of hydrogen-bond acceptors (Lipinski definition) is 3.